The number of benzene rings is 7. The molecule has 0 saturated carbocycles. The molecule has 1 heterocycles. The van der Waals surface area contributed by atoms with Crippen molar-refractivity contribution in [2.24, 2.45) is 0 Å². The molecule has 3 heteroatoms. The van der Waals surface area contributed by atoms with Crippen molar-refractivity contribution in [2.75, 3.05) is 16.3 Å². The van der Waals surface area contributed by atoms with Gasteiger partial charge in [-0.1, -0.05) is 84.9 Å². The van der Waals surface area contributed by atoms with E-state index in [4.69, 9.17) is 6.57 Å². The molecular formula is C37H25N3. The van der Waals surface area contributed by atoms with Crippen LogP contribution in [0, 0.1) is 6.57 Å². The van der Waals surface area contributed by atoms with Crippen LogP contribution < -0.4 is 9.80 Å². The Morgan fingerprint density at radius 1 is 0.600 bits per heavy atom. The van der Waals surface area contributed by atoms with E-state index in [-0.39, 0.29) is 0 Å². The van der Waals surface area contributed by atoms with Crippen LogP contribution in [0.3, 0.4) is 0 Å². The lowest BCUT2D eigenvalue weighted by molar-refractivity contribution is 1.00. The molecule has 0 fully saturated rings. The molecule has 0 amide bonds. The molecule has 8 rings (SSSR count). The minimum absolute atomic E-state index is 0.689. The van der Waals surface area contributed by atoms with Crippen LogP contribution in [0.5, 0.6) is 0 Å². The summed E-state index contributed by atoms with van der Waals surface area (Å²) in [5.41, 5.74) is 7.79. The van der Waals surface area contributed by atoms with E-state index in [0.29, 0.717) is 5.69 Å². The highest BCUT2D eigenvalue weighted by Gasteiger charge is 2.25. The van der Waals surface area contributed by atoms with E-state index in [0.717, 1.165) is 35.7 Å². The van der Waals surface area contributed by atoms with Crippen molar-refractivity contribution in [3.8, 4) is 0 Å². The van der Waals surface area contributed by atoms with Gasteiger partial charge in [-0.2, -0.15) is 0 Å². The third-order valence-corrected chi connectivity index (χ3v) is 8.25. The molecule has 0 unspecified atom stereocenters. The van der Waals surface area contributed by atoms with Crippen LogP contribution in [-0.4, -0.2) is 6.54 Å². The van der Waals surface area contributed by atoms with Crippen molar-refractivity contribution in [3.05, 3.63) is 144 Å². The minimum atomic E-state index is 0.689. The molecule has 3 nitrogen and oxygen atoms in total. The van der Waals surface area contributed by atoms with E-state index in [1.165, 1.54) is 43.6 Å². The molecule has 7 aromatic rings. The third-order valence-electron chi connectivity index (χ3n) is 8.25. The summed E-state index contributed by atoms with van der Waals surface area (Å²) in [7, 11) is 0. The minimum Gasteiger partial charge on any atom is -0.341 e. The molecule has 0 saturated heterocycles. The monoisotopic (exact) mass is 511 g/mol. The highest BCUT2D eigenvalue weighted by Crippen LogP contribution is 2.48. The summed E-state index contributed by atoms with van der Waals surface area (Å²) in [5.74, 6) is 0. The second kappa shape index (κ2) is 8.86. The molecule has 1 aliphatic heterocycles. The predicted molar refractivity (Wildman–Crippen MR) is 168 cm³/mol. The summed E-state index contributed by atoms with van der Waals surface area (Å²) in [6.45, 7) is 8.46. The molecule has 40 heavy (non-hydrogen) atoms. The molecular weight excluding hydrogens is 486 g/mol. The average molecular weight is 512 g/mol. The number of rotatable bonds is 4. The number of anilines is 5. The standard InChI is InChI=1S/C37H25N3/c1-38-28-18-15-25-21-22-39(34(25)24-28)35-23-27-17-20-33(32-19-16-26-9-8-14-31(35)36(26)37(27)32)40(29-10-4-2-5-11-29)30-12-6-3-7-13-30/h2-20,23-24H,21-22H2. The average Bonchev–Trinajstić information content (AvgIpc) is 3.44. The normalized spacial score (nSPS) is 12.7. The fourth-order valence-corrected chi connectivity index (χ4v) is 6.48. The molecule has 0 bridgehead atoms. The zero-order valence-corrected chi connectivity index (χ0v) is 21.9. The van der Waals surface area contributed by atoms with Crippen LogP contribution in [0.25, 0.3) is 37.2 Å². The largest absolute Gasteiger partial charge is 0.341 e. The summed E-state index contributed by atoms with van der Waals surface area (Å²) < 4.78 is 0. The van der Waals surface area contributed by atoms with E-state index in [9.17, 15) is 0 Å². The van der Waals surface area contributed by atoms with Gasteiger partial charge >= 0.3 is 0 Å². The lowest BCUT2D eigenvalue weighted by atomic mass is 9.91. The van der Waals surface area contributed by atoms with Crippen molar-refractivity contribution >= 4 is 66.4 Å². The maximum absolute atomic E-state index is 7.55. The van der Waals surface area contributed by atoms with Gasteiger partial charge < -0.3 is 9.80 Å². The quantitative estimate of drug-likeness (QED) is 0.172. The summed E-state index contributed by atoms with van der Waals surface area (Å²) in [5, 5.41) is 7.55. The topological polar surface area (TPSA) is 10.8 Å². The van der Waals surface area contributed by atoms with Gasteiger partial charge in [0.25, 0.3) is 0 Å². The Kier molecular flexibility index (Phi) is 5.02. The summed E-state index contributed by atoms with van der Waals surface area (Å²) >= 11 is 0. The van der Waals surface area contributed by atoms with Crippen LogP contribution in [0.4, 0.5) is 34.1 Å². The number of hydrogen-bond acceptors (Lipinski definition) is 2. The van der Waals surface area contributed by atoms with Crippen molar-refractivity contribution in [3.63, 3.8) is 0 Å². The number of nitrogens with zero attached hydrogens (tertiary/aromatic N) is 3. The molecule has 0 aliphatic carbocycles. The van der Waals surface area contributed by atoms with Gasteiger partial charge in [-0.05, 0) is 76.0 Å². The Balaban J connectivity index is 1.40. The Bertz CT molecular complexity index is 2030. The van der Waals surface area contributed by atoms with Crippen LogP contribution >= 0.6 is 0 Å². The van der Waals surface area contributed by atoms with Crippen molar-refractivity contribution in [2.45, 2.75) is 6.42 Å². The van der Waals surface area contributed by atoms with Crippen LogP contribution in [0.2, 0.25) is 0 Å². The Hall–Kier alpha value is -5.33. The predicted octanol–water partition coefficient (Wildman–Crippen LogP) is 10.3. The van der Waals surface area contributed by atoms with Gasteiger partial charge in [-0.3, -0.25) is 0 Å². The van der Waals surface area contributed by atoms with Gasteiger partial charge in [0.15, 0.2) is 5.69 Å². The van der Waals surface area contributed by atoms with Gasteiger partial charge in [-0.15, -0.1) is 0 Å². The second-order valence-electron chi connectivity index (χ2n) is 10.4. The van der Waals surface area contributed by atoms with Crippen LogP contribution in [0.1, 0.15) is 5.56 Å². The number of fused-ring (bicyclic) bond motifs is 1. The van der Waals surface area contributed by atoms with Crippen molar-refractivity contribution in [1.82, 2.24) is 0 Å². The molecule has 0 atom stereocenters. The smallest absolute Gasteiger partial charge is 0.189 e. The fourth-order valence-electron chi connectivity index (χ4n) is 6.48. The molecule has 188 valence electrons. The number of para-hydroxylation sites is 2. The van der Waals surface area contributed by atoms with Crippen LogP contribution in [0.15, 0.2) is 127 Å². The first-order valence-corrected chi connectivity index (χ1v) is 13.7. The van der Waals surface area contributed by atoms with Gasteiger partial charge in [0.05, 0.1) is 12.3 Å². The highest BCUT2D eigenvalue weighted by molar-refractivity contribution is 6.28. The number of hydrogen-bond donors (Lipinski definition) is 0. The van der Waals surface area contributed by atoms with Gasteiger partial charge in [0.2, 0.25) is 0 Å². The van der Waals surface area contributed by atoms with E-state index >= 15 is 0 Å². The first-order valence-electron chi connectivity index (χ1n) is 13.7. The molecule has 0 radical (unpaired) electrons. The Morgan fingerprint density at radius 3 is 2.08 bits per heavy atom. The fraction of sp³-hybridized carbons (Fsp3) is 0.0541. The lowest BCUT2D eigenvalue weighted by Crippen LogP contribution is -2.14. The molecule has 1 aliphatic rings. The second-order valence-corrected chi connectivity index (χ2v) is 10.4. The first-order chi connectivity index (χ1) is 19.8. The van der Waals surface area contributed by atoms with Gasteiger partial charge in [0, 0.05) is 40.1 Å². The summed E-state index contributed by atoms with van der Waals surface area (Å²) in [6.07, 6.45) is 0.986. The van der Waals surface area contributed by atoms with E-state index in [2.05, 4.69) is 130 Å². The van der Waals surface area contributed by atoms with E-state index in [1.54, 1.807) is 0 Å². The Labute approximate surface area is 233 Å². The van der Waals surface area contributed by atoms with Crippen molar-refractivity contribution < 1.29 is 0 Å². The zero-order chi connectivity index (χ0) is 26.6. The van der Waals surface area contributed by atoms with Gasteiger partial charge in [-0.25, -0.2) is 4.85 Å². The summed E-state index contributed by atoms with van der Waals surface area (Å²) in [4.78, 5) is 8.48. The molecule has 0 aromatic heterocycles. The highest BCUT2D eigenvalue weighted by atomic mass is 15.2. The molecule has 7 aromatic carbocycles. The third kappa shape index (κ3) is 3.37. The van der Waals surface area contributed by atoms with Crippen LogP contribution in [-0.2, 0) is 6.42 Å². The zero-order valence-electron chi connectivity index (χ0n) is 21.9. The van der Waals surface area contributed by atoms with E-state index < -0.39 is 0 Å². The molecule has 0 N–H and O–H groups in total. The maximum atomic E-state index is 7.55. The SMILES string of the molecule is [C-]#[N+]c1ccc2c(c1)N(c1cc3ccc(N(c4ccccc4)c4ccccc4)c4ccc5cccc1c5c34)CC2. The maximum Gasteiger partial charge on any atom is 0.189 e. The van der Waals surface area contributed by atoms with Gasteiger partial charge in [0.1, 0.15) is 0 Å². The first kappa shape index (κ1) is 22.6. The van der Waals surface area contributed by atoms with E-state index in [1.807, 2.05) is 12.1 Å². The Morgan fingerprint density at radius 2 is 1.32 bits per heavy atom. The van der Waals surface area contributed by atoms with Crippen molar-refractivity contribution in [1.29, 1.82) is 0 Å². The molecule has 0 spiro atoms. The summed E-state index contributed by atoms with van der Waals surface area (Å²) in [6, 6.07) is 45.4. The lowest BCUT2D eigenvalue weighted by Gasteiger charge is -2.28.